The van der Waals surface area contributed by atoms with Gasteiger partial charge in [0.05, 0.1) is 21.5 Å². The first-order valence-electron chi connectivity index (χ1n) is 5.43. The number of hydrogen-bond donors (Lipinski definition) is 1. The number of amides is 1. The van der Waals surface area contributed by atoms with Crippen molar-refractivity contribution in [2.45, 2.75) is 0 Å². The van der Waals surface area contributed by atoms with Crippen LogP contribution in [0, 0.1) is 20.2 Å². The molecular weight excluding hydrogens is 352 g/mol. The number of rotatable bonds is 6. The van der Waals surface area contributed by atoms with Crippen molar-refractivity contribution in [1.29, 1.82) is 0 Å². The lowest BCUT2D eigenvalue weighted by Gasteiger charge is -2.19. The number of nitro benzene ring substituents is 2. The molecule has 0 heterocycles. The maximum atomic E-state index is 11.6. The Morgan fingerprint density at radius 3 is 2.14 bits per heavy atom. The Labute approximate surface area is 138 Å². The molecule has 1 aromatic carbocycles. The zero-order chi connectivity index (χ0) is 17.0. The van der Waals surface area contributed by atoms with Gasteiger partial charge in [-0.25, -0.2) is 3.71 Å². The molecule has 1 rings (SSSR count). The number of hydrogen-bond acceptors (Lipinski definition) is 8. The minimum absolute atomic E-state index is 0.0182. The highest BCUT2D eigenvalue weighted by Gasteiger charge is 2.31. The normalized spacial score (nSPS) is 10.1. The third-order valence-electron chi connectivity index (χ3n) is 2.49. The number of nitrogens with two attached hydrogens (primary N) is 1. The fourth-order valence-corrected chi connectivity index (χ4v) is 3.38. The van der Waals surface area contributed by atoms with E-state index in [1.165, 1.54) is 27.6 Å². The highest BCUT2D eigenvalue weighted by Crippen LogP contribution is 2.33. The van der Waals surface area contributed by atoms with Crippen LogP contribution in [-0.4, -0.2) is 37.0 Å². The molecule has 9 nitrogen and oxygen atoms in total. The Hall–Kier alpha value is -1.92. The molecule has 1 aromatic rings. The third kappa shape index (κ3) is 3.64. The Morgan fingerprint density at radius 2 is 1.77 bits per heavy atom. The molecule has 1 amide bonds. The quantitative estimate of drug-likeness (QED) is 0.349. The molecule has 0 saturated carbocycles. The molecule has 22 heavy (non-hydrogen) atoms. The minimum Gasteiger partial charge on any atom is -0.366 e. The molecule has 0 saturated heterocycles. The predicted octanol–water partition coefficient (Wildman–Crippen LogP) is 2.14. The first-order valence-corrected chi connectivity index (χ1v) is 8.21. The first-order chi connectivity index (χ1) is 10.2. The van der Waals surface area contributed by atoms with Gasteiger partial charge in [-0.15, -0.1) is 0 Å². The van der Waals surface area contributed by atoms with Gasteiger partial charge in [0.1, 0.15) is 10.6 Å². The van der Waals surface area contributed by atoms with Crippen LogP contribution < -0.4 is 5.73 Å². The SMILES string of the molecule is CSN(SC)C(=S)c1c(C(N)=O)cc([N+](=O)[O-])cc1[N+](=O)[O-]. The Balaban J connectivity index is 3.72. The van der Waals surface area contributed by atoms with Crippen LogP contribution in [0.2, 0.25) is 0 Å². The molecule has 0 atom stereocenters. The number of carbonyl (C=O) groups excluding carboxylic acids is 1. The van der Waals surface area contributed by atoms with Crippen molar-refractivity contribution in [2.24, 2.45) is 5.73 Å². The average Bonchev–Trinajstić information content (AvgIpc) is 2.46. The van der Waals surface area contributed by atoms with Gasteiger partial charge in [0.15, 0.2) is 0 Å². The lowest BCUT2D eigenvalue weighted by molar-refractivity contribution is -0.394. The highest BCUT2D eigenvalue weighted by atomic mass is 32.2. The largest absolute Gasteiger partial charge is 0.366 e. The van der Waals surface area contributed by atoms with Gasteiger partial charge >= 0.3 is 0 Å². The molecular formula is C10H10N4O5S3. The van der Waals surface area contributed by atoms with Crippen LogP contribution in [-0.2, 0) is 0 Å². The topological polar surface area (TPSA) is 133 Å². The Kier molecular flexibility index (Phi) is 6.08. The van der Waals surface area contributed by atoms with Crippen molar-refractivity contribution in [3.05, 3.63) is 43.5 Å². The molecule has 2 N–H and O–H groups in total. The summed E-state index contributed by atoms with van der Waals surface area (Å²) in [6, 6.07) is 1.64. The molecule has 0 radical (unpaired) electrons. The van der Waals surface area contributed by atoms with E-state index < -0.39 is 27.1 Å². The van der Waals surface area contributed by atoms with E-state index >= 15 is 0 Å². The maximum Gasteiger partial charge on any atom is 0.287 e. The number of nitrogens with zero attached hydrogens (tertiary/aromatic N) is 3. The summed E-state index contributed by atoms with van der Waals surface area (Å²) in [4.78, 5) is 31.9. The number of primary amides is 1. The number of benzene rings is 1. The summed E-state index contributed by atoms with van der Waals surface area (Å²) in [5.74, 6) is -1.04. The van der Waals surface area contributed by atoms with E-state index in [1.807, 2.05) is 0 Å². The van der Waals surface area contributed by atoms with E-state index in [4.69, 9.17) is 18.0 Å². The number of thiocarbonyl (C=S) groups is 1. The fraction of sp³-hybridized carbons (Fsp3) is 0.200. The van der Waals surface area contributed by atoms with E-state index in [9.17, 15) is 25.0 Å². The summed E-state index contributed by atoms with van der Waals surface area (Å²) >= 11 is 7.51. The zero-order valence-electron chi connectivity index (χ0n) is 11.3. The number of nitro groups is 2. The molecule has 0 aliphatic rings. The van der Waals surface area contributed by atoms with Gasteiger partial charge in [-0.3, -0.25) is 25.0 Å². The molecule has 0 spiro atoms. The smallest absolute Gasteiger partial charge is 0.287 e. The Morgan fingerprint density at radius 1 is 1.23 bits per heavy atom. The molecule has 0 unspecified atom stereocenters. The lowest BCUT2D eigenvalue weighted by Crippen LogP contribution is -2.23. The average molecular weight is 362 g/mol. The lowest BCUT2D eigenvalue weighted by atomic mass is 10.0. The zero-order valence-corrected chi connectivity index (χ0v) is 13.8. The van der Waals surface area contributed by atoms with E-state index in [-0.39, 0.29) is 16.1 Å². The predicted molar refractivity (Wildman–Crippen MR) is 88.8 cm³/mol. The van der Waals surface area contributed by atoms with Gasteiger partial charge in [-0.2, -0.15) is 0 Å². The van der Waals surface area contributed by atoms with Crippen molar-refractivity contribution in [3.8, 4) is 0 Å². The van der Waals surface area contributed by atoms with Crippen LogP contribution in [0.1, 0.15) is 15.9 Å². The molecule has 12 heteroatoms. The third-order valence-corrected chi connectivity index (χ3v) is 5.03. The fourth-order valence-electron chi connectivity index (χ4n) is 1.61. The summed E-state index contributed by atoms with van der Waals surface area (Å²) in [5.41, 5.74) is 3.39. The standard InChI is InChI=1S/C10H10N4O5S3/c1-21-14(22-2)10(20)8-6(9(11)15)3-5(12(16)17)4-7(8)13(18)19/h3-4H,1-2H3,(H2,11,15). The second-order valence-electron chi connectivity index (χ2n) is 3.69. The van der Waals surface area contributed by atoms with Crippen molar-refractivity contribution in [2.75, 3.05) is 12.5 Å². The second-order valence-corrected chi connectivity index (χ2v) is 5.77. The Bertz CT molecular complexity index is 627. The van der Waals surface area contributed by atoms with Gasteiger partial charge < -0.3 is 5.73 Å². The van der Waals surface area contributed by atoms with Crippen LogP contribution in [0.4, 0.5) is 11.4 Å². The van der Waals surface area contributed by atoms with Crippen LogP contribution >= 0.6 is 36.1 Å². The molecule has 0 fully saturated rings. The highest BCUT2D eigenvalue weighted by molar-refractivity contribution is 8.13. The second kappa shape index (κ2) is 7.38. The molecule has 0 aromatic heterocycles. The van der Waals surface area contributed by atoms with Crippen LogP contribution in [0.15, 0.2) is 12.1 Å². The number of non-ortho nitro benzene ring substituents is 1. The maximum absolute atomic E-state index is 11.6. The van der Waals surface area contributed by atoms with Crippen molar-refractivity contribution >= 4 is 58.4 Å². The van der Waals surface area contributed by atoms with Crippen molar-refractivity contribution in [3.63, 3.8) is 0 Å². The number of carbonyl (C=O) groups is 1. The first kappa shape index (κ1) is 18.1. The van der Waals surface area contributed by atoms with Gasteiger partial charge in [0.2, 0.25) is 5.91 Å². The summed E-state index contributed by atoms with van der Waals surface area (Å²) in [5, 5.41) is 22.1. The van der Waals surface area contributed by atoms with Gasteiger partial charge in [0.25, 0.3) is 11.4 Å². The molecule has 0 aliphatic heterocycles. The molecule has 118 valence electrons. The van der Waals surface area contributed by atoms with E-state index in [1.54, 1.807) is 12.5 Å². The summed E-state index contributed by atoms with van der Waals surface area (Å²) in [7, 11) is 0. The summed E-state index contributed by atoms with van der Waals surface area (Å²) in [6.07, 6.45) is 3.37. The van der Waals surface area contributed by atoms with Crippen molar-refractivity contribution < 1.29 is 14.6 Å². The van der Waals surface area contributed by atoms with Crippen LogP contribution in [0.25, 0.3) is 0 Å². The van der Waals surface area contributed by atoms with Gasteiger partial charge in [-0.1, -0.05) is 12.2 Å². The van der Waals surface area contributed by atoms with E-state index in [2.05, 4.69) is 0 Å². The molecule has 0 aliphatic carbocycles. The van der Waals surface area contributed by atoms with Crippen LogP contribution in [0.3, 0.4) is 0 Å². The summed E-state index contributed by atoms with van der Waals surface area (Å²) in [6.45, 7) is 0. The van der Waals surface area contributed by atoms with E-state index in [0.717, 1.165) is 12.1 Å². The van der Waals surface area contributed by atoms with Crippen LogP contribution in [0.5, 0.6) is 0 Å². The van der Waals surface area contributed by atoms with Gasteiger partial charge in [-0.05, 0) is 23.9 Å². The van der Waals surface area contributed by atoms with E-state index in [0.29, 0.717) is 0 Å². The molecule has 0 bridgehead atoms. The minimum atomic E-state index is -1.04. The van der Waals surface area contributed by atoms with Crippen molar-refractivity contribution in [1.82, 2.24) is 3.71 Å². The monoisotopic (exact) mass is 362 g/mol. The van der Waals surface area contributed by atoms with Gasteiger partial charge in [0, 0.05) is 18.6 Å². The summed E-state index contributed by atoms with van der Waals surface area (Å²) < 4.78 is 1.45.